The highest BCUT2D eigenvalue weighted by molar-refractivity contribution is 7.17. The van der Waals surface area contributed by atoms with Gasteiger partial charge in [0.2, 0.25) is 17.7 Å². The lowest BCUT2D eigenvalue weighted by Crippen LogP contribution is -2.52. The van der Waals surface area contributed by atoms with Gasteiger partial charge in [0.15, 0.2) is 0 Å². The Balaban J connectivity index is 1.37. The maximum Gasteiger partial charge on any atom is 0.271 e. The number of hydrogen-bond donors (Lipinski definition) is 3. The van der Waals surface area contributed by atoms with Crippen LogP contribution in [0.5, 0.6) is 0 Å². The summed E-state index contributed by atoms with van der Waals surface area (Å²) in [5, 5.41) is 17.2. The summed E-state index contributed by atoms with van der Waals surface area (Å²) >= 11 is 7.52. The summed E-state index contributed by atoms with van der Waals surface area (Å²) < 4.78 is 29.2. The minimum Gasteiger partial charge on any atom is -0.356 e. The standard InChI is InChI=1S/C23H24ClF2N5O3S/c24-15-10-35-17-5-16(30-18(15)17)22(34)31-9-12-6-23(25,26)7-14(12)19(31)21(33)29-13(8-27)4-11-2-1-3-28-20(11)32/h5,10-14,19,30H,1-4,6-7,9H2,(H,28,32)(H,29,33)/t11-,12-,13+,14-,19+/m1/s1. The Labute approximate surface area is 209 Å². The zero-order valence-electron chi connectivity index (χ0n) is 18.7. The van der Waals surface area contributed by atoms with Gasteiger partial charge in [0, 0.05) is 37.2 Å². The third kappa shape index (κ3) is 4.49. The Kier molecular flexibility index (Phi) is 6.21. The number of carbonyl (C=O) groups is 3. The third-order valence-electron chi connectivity index (χ3n) is 7.33. The monoisotopic (exact) mass is 523 g/mol. The minimum absolute atomic E-state index is 0.0276. The number of amides is 3. The van der Waals surface area contributed by atoms with Crippen molar-refractivity contribution in [1.82, 2.24) is 20.5 Å². The quantitative estimate of drug-likeness (QED) is 0.557. The van der Waals surface area contributed by atoms with E-state index in [1.165, 1.54) is 16.2 Å². The van der Waals surface area contributed by atoms with E-state index in [-0.39, 0.29) is 31.0 Å². The van der Waals surface area contributed by atoms with E-state index in [1.54, 1.807) is 11.4 Å². The van der Waals surface area contributed by atoms with Crippen molar-refractivity contribution >= 4 is 50.9 Å². The summed E-state index contributed by atoms with van der Waals surface area (Å²) in [4.78, 5) is 43.2. The van der Waals surface area contributed by atoms with Crippen LogP contribution >= 0.6 is 22.9 Å². The number of likely N-dealkylation sites (tertiary alicyclic amines) is 1. The van der Waals surface area contributed by atoms with Gasteiger partial charge in [-0.2, -0.15) is 5.26 Å². The number of halogens is 3. The first-order valence-corrected chi connectivity index (χ1v) is 12.8. The Bertz CT molecular complexity index is 1220. The molecule has 3 N–H and O–H groups in total. The molecule has 2 aromatic heterocycles. The number of piperidine rings is 1. The molecule has 4 heterocycles. The minimum atomic E-state index is -2.90. The van der Waals surface area contributed by atoms with Gasteiger partial charge >= 0.3 is 0 Å². The number of H-pyrrole nitrogens is 1. The van der Waals surface area contributed by atoms with Crippen molar-refractivity contribution in [2.24, 2.45) is 17.8 Å². The van der Waals surface area contributed by atoms with E-state index < -0.39 is 54.0 Å². The molecule has 5 rings (SSSR count). The Morgan fingerprint density at radius 3 is 2.91 bits per heavy atom. The van der Waals surface area contributed by atoms with E-state index in [1.807, 2.05) is 6.07 Å². The number of rotatable bonds is 5. The van der Waals surface area contributed by atoms with E-state index in [2.05, 4.69) is 15.6 Å². The number of aromatic amines is 1. The van der Waals surface area contributed by atoms with Crippen LogP contribution in [0.3, 0.4) is 0 Å². The molecule has 12 heteroatoms. The molecule has 3 fully saturated rings. The number of alkyl halides is 2. The SMILES string of the molecule is N#C[C@H](C[C@H]1CCCNC1=O)NC(=O)[C@@H]1[C@@H]2CC(F)(F)C[C@@H]2CN1C(=O)c1cc2scc(Cl)c2[nH]1. The third-order valence-corrected chi connectivity index (χ3v) is 8.69. The van der Waals surface area contributed by atoms with Crippen molar-refractivity contribution < 1.29 is 23.2 Å². The molecule has 3 amide bonds. The lowest BCUT2D eigenvalue weighted by atomic mass is 9.90. The number of nitriles is 1. The molecule has 35 heavy (non-hydrogen) atoms. The molecule has 0 radical (unpaired) electrons. The van der Waals surface area contributed by atoms with Crippen molar-refractivity contribution in [3.05, 3.63) is 22.2 Å². The number of nitrogens with one attached hydrogen (secondary N) is 3. The van der Waals surface area contributed by atoms with Crippen LogP contribution < -0.4 is 10.6 Å². The molecule has 0 aromatic carbocycles. The van der Waals surface area contributed by atoms with Crippen LogP contribution in [0.4, 0.5) is 8.78 Å². The molecule has 1 saturated carbocycles. The molecule has 8 nitrogen and oxygen atoms in total. The van der Waals surface area contributed by atoms with E-state index >= 15 is 0 Å². The fourth-order valence-electron chi connectivity index (χ4n) is 5.74. The first-order valence-electron chi connectivity index (χ1n) is 11.6. The fourth-order valence-corrected chi connectivity index (χ4v) is 6.89. The predicted octanol–water partition coefficient (Wildman–Crippen LogP) is 3.29. The summed E-state index contributed by atoms with van der Waals surface area (Å²) in [6.07, 6.45) is 0.639. The van der Waals surface area contributed by atoms with Gasteiger partial charge in [-0.3, -0.25) is 14.4 Å². The second-order valence-corrected chi connectivity index (χ2v) is 11.0. The molecular formula is C23H24ClF2N5O3S. The zero-order chi connectivity index (χ0) is 24.9. The number of hydrogen-bond acceptors (Lipinski definition) is 5. The molecule has 0 bridgehead atoms. The van der Waals surface area contributed by atoms with Crippen molar-refractivity contribution in [3.8, 4) is 6.07 Å². The second-order valence-electron chi connectivity index (χ2n) is 9.65. The van der Waals surface area contributed by atoms with Gasteiger partial charge in [0.05, 0.1) is 21.3 Å². The lowest BCUT2D eigenvalue weighted by molar-refractivity contribution is -0.129. The summed E-state index contributed by atoms with van der Waals surface area (Å²) in [7, 11) is 0. The highest BCUT2D eigenvalue weighted by Crippen LogP contribution is 2.50. The molecule has 0 unspecified atom stereocenters. The molecule has 2 aromatic rings. The maximum absolute atomic E-state index is 14.2. The molecular weight excluding hydrogens is 500 g/mol. The van der Waals surface area contributed by atoms with Gasteiger partial charge in [-0.05, 0) is 37.2 Å². The van der Waals surface area contributed by atoms with E-state index in [0.717, 1.165) is 11.1 Å². The smallest absolute Gasteiger partial charge is 0.271 e. The highest BCUT2D eigenvalue weighted by atomic mass is 35.5. The average molecular weight is 524 g/mol. The molecule has 1 aliphatic carbocycles. The van der Waals surface area contributed by atoms with E-state index in [0.29, 0.717) is 23.5 Å². The molecule has 0 spiro atoms. The average Bonchev–Trinajstić information content (AvgIpc) is 3.54. The van der Waals surface area contributed by atoms with Crippen LogP contribution in [0.25, 0.3) is 10.2 Å². The number of thiophene rings is 1. The number of carbonyl (C=O) groups excluding carboxylic acids is 3. The first kappa shape index (κ1) is 24.0. The first-order chi connectivity index (χ1) is 16.7. The fraction of sp³-hybridized carbons (Fsp3) is 0.565. The molecule has 5 atom stereocenters. The Morgan fingerprint density at radius 2 is 2.20 bits per heavy atom. The van der Waals surface area contributed by atoms with Crippen molar-refractivity contribution in [3.63, 3.8) is 0 Å². The second kappa shape index (κ2) is 9.06. The van der Waals surface area contributed by atoms with Crippen LogP contribution in [-0.2, 0) is 9.59 Å². The number of aromatic nitrogens is 1. The van der Waals surface area contributed by atoms with Crippen LogP contribution in [-0.4, -0.2) is 58.7 Å². The highest BCUT2D eigenvalue weighted by Gasteiger charge is 2.58. The zero-order valence-corrected chi connectivity index (χ0v) is 20.2. The molecule has 186 valence electrons. The van der Waals surface area contributed by atoms with E-state index in [9.17, 15) is 28.4 Å². The topological polar surface area (TPSA) is 118 Å². The normalized spacial score (nSPS) is 28.4. The van der Waals surface area contributed by atoms with Crippen LogP contribution in [0, 0.1) is 29.1 Å². The Morgan fingerprint density at radius 1 is 1.40 bits per heavy atom. The molecule has 2 aliphatic heterocycles. The Hall–Kier alpha value is -2.71. The lowest BCUT2D eigenvalue weighted by Gasteiger charge is -2.29. The van der Waals surface area contributed by atoms with Crippen LogP contribution in [0.15, 0.2) is 11.4 Å². The predicted molar refractivity (Wildman–Crippen MR) is 125 cm³/mol. The maximum atomic E-state index is 14.2. The van der Waals surface area contributed by atoms with Crippen molar-refractivity contribution in [2.75, 3.05) is 13.1 Å². The molecule has 2 saturated heterocycles. The van der Waals surface area contributed by atoms with Crippen molar-refractivity contribution in [2.45, 2.75) is 50.1 Å². The van der Waals surface area contributed by atoms with Crippen molar-refractivity contribution in [1.29, 1.82) is 5.26 Å². The van der Waals surface area contributed by atoms with Gasteiger partial charge in [-0.25, -0.2) is 8.78 Å². The van der Waals surface area contributed by atoms with Crippen LogP contribution in [0.2, 0.25) is 5.02 Å². The summed E-state index contributed by atoms with van der Waals surface area (Å²) in [6, 6.07) is 1.56. The largest absolute Gasteiger partial charge is 0.356 e. The number of fused-ring (bicyclic) bond motifs is 2. The van der Waals surface area contributed by atoms with Gasteiger partial charge < -0.3 is 20.5 Å². The van der Waals surface area contributed by atoms with Gasteiger partial charge in [-0.15, -0.1) is 11.3 Å². The summed E-state index contributed by atoms with van der Waals surface area (Å²) in [5.41, 5.74) is 0.844. The van der Waals surface area contributed by atoms with Crippen LogP contribution in [0.1, 0.15) is 42.6 Å². The van der Waals surface area contributed by atoms with Gasteiger partial charge in [-0.1, -0.05) is 11.6 Å². The number of nitrogens with zero attached hydrogens (tertiary/aromatic N) is 2. The van der Waals surface area contributed by atoms with E-state index in [4.69, 9.17) is 11.6 Å². The summed E-state index contributed by atoms with van der Waals surface area (Å²) in [6.45, 7) is 0.608. The van der Waals surface area contributed by atoms with Gasteiger partial charge in [0.25, 0.3) is 5.91 Å². The molecule has 3 aliphatic rings. The summed E-state index contributed by atoms with van der Waals surface area (Å²) in [5.74, 6) is -5.82. The van der Waals surface area contributed by atoms with Gasteiger partial charge in [0.1, 0.15) is 17.8 Å².